The summed E-state index contributed by atoms with van der Waals surface area (Å²) in [5.74, 6) is -0.333. The molecule has 0 saturated carbocycles. The summed E-state index contributed by atoms with van der Waals surface area (Å²) >= 11 is 0. The lowest BCUT2D eigenvalue weighted by atomic mass is 9.90. The number of guanidine groups is 1. The summed E-state index contributed by atoms with van der Waals surface area (Å²) < 4.78 is 0. The van der Waals surface area contributed by atoms with Crippen molar-refractivity contribution in [3.63, 3.8) is 0 Å². The number of hydrogen-bond donors (Lipinski definition) is 3. The fourth-order valence-corrected chi connectivity index (χ4v) is 3.58. The van der Waals surface area contributed by atoms with Gasteiger partial charge in [-0.1, -0.05) is 72.8 Å². The van der Waals surface area contributed by atoms with E-state index >= 15 is 0 Å². The average molecular weight is 348 g/mol. The largest absolute Gasteiger partial charge is 0.370 e. The van der Waals surface area contributed by atoms with Crippen LogP contribution >= 0.6 is 12.4 Å². The van der Waals surface area contributed by atoms with Gasteiger partial charge in [-0.15, -0.1) is 12.4 Å². The Labute approximate surface area is 151 Å². The van der Waals surface area contributed by atoms with E-state index in [0.29, 0.717) is 0 Å². The summed E-state index contributed by atoms with van der Waals surface area (Å²) in [6, 6.07) is 26.4. The standard InChI is InChI=1S/C20H12.CH5N3.ClH/c1-5-13-6-2-11-17-18-12-4-8-14-7-3-10-16(20(14)18)15(9-1)19(13)17;2-1(3)4;/h1-12H;(H5,2,3,4);1H. The molecule has 0 spiro atoms. The molecule has 4 heteroatoms. The van der Waals surface area contributed by atoms with Crippen LogP contribution in [0.5, 0.6) is 0 Å². The molecule has 0 heterocycles. The predicted octanol–water partition coefficient (Wildman–Crippen LogP) is 5.00. The maximum absolute atomic E-state index is 6.06. The molecule has 0 radical (unpaired) electrons. The number of benzene rings is 5. The van der Waals surface area contributed by atoms with Gasteiger partial charge in [0.15, 0.2) is 5.96 Å². The van der Waals surface area contributed by atoms with Crippen molar-refractivity contribution in [2.75, 3.05) is 0 Å². The van der Waals surface area contributed by atoms with Crippen molar-refractivity contribution in [1.82, 2.24) is 0 Å². The zero-order valence-corrected chi connectivity index (χ0v) is 14.3. The van der Waals surface area contributed by atoms with Crippen LogP contribution in [0.1, 0.15) is 0 Å². The SMILES string of the molecule is Cl.N=C(N)N.c1cc2cccc3c4cccc5cccc(c(c1)c23)c54. The van der Waals surface area contributed by atoms with E-state index in [2.05, 4.69) is 84.3 Å². The van der Waals surface area contributed by atoms with Crippen LogP contribution in [0.15, 0.2) is 72.8 Å². The second-order valence-electron chi connectivity index (χ2n) is 5.87. The molecule has 3 nitrogen and oxygen atoms in total. The van der Waals surface area contributed by atoms with Gasteiger partial charge in [-0.3, -0.25) is 5.41 Å². The lowest BCUT2D eigenvalue weighted by Crippen LogP contribution is -2.20. The molecule has 5 N–H and O–H groups in total. The van der Waals surface area contributed by atoms with Crippen molar-refractivity contribution >= 4 is 61.5 Å². The molecule has 0 aliphatic heterocycles. The molecule has 0 saturated heterocycles. The smallest absolute Gasteiger partial charge is 0.183 e. The highest BCUT2D eigenvalue weighted by atomic mass is 35.5. The number of nitrogens with one attached hydrogen (secondary N) is 1. The summed E-state index contributed by atoms with van der Waals surface area (Å²) in [4.78, 5) is 0. The Balaban J connectivity index is 0.000000334. The van der Waals surface area contributed by atoms with Gasteiger partial charge in [-0.05, 0) is 43.1 Å². The molecule has 0 aliphatic rings. The van der Waals surface area contributed by atoms with Gasteiger partial charge in [-0.2, -0.15) is 0 Å². The second-order valence-corrected chi connectivity index (χ2v) is 5.87. The number of halogens is 1. The average Bonchev–Trinajstić information content (AvgIpc) is 2.59. The normalized spacial score (nSPS) is 10.6. The first-order valence-electron chi connectivity index (χ1n) is 7.80. The Kier molecular flexibility index (Phi) is 4.34. The van der Waals surface area contributed by atoms with Crippen LogP contribution in [0, 0.1) is 5.41 Å². The molecule has 5 rings (SSSR count). The molecule has 5 aromatic carbocycles. The van der Waals surface area contributed by atoms with E-state index in [1.807, 2.05) is 0 Å². The van der Waals surface area contributed by atoms with Gasteiger partial charge in [0.05, 0.1) is 0 Å². The Morgan fingerprint density at radius 1 is 0.560 bits per heavy atom. The third kappa shape index (κ3) is 2.69. The molecule has 25 heavy (non-hydrogen) atoms. The summed E-state index contributed by atoms with van der Waals surface area (Å²) in [7, 11) is 0. The Morgan fingerprint density at radius 2 is 0.800 bits per heavy atom. The molecular formula is C21H18ClN3. The van der Waals surface area contributed by atoms with Gasteiger partial charge in [0.2, 0.25) is 0 Å². The van der Waals surface area contributed by atoms with Gasteiger partial charge in [-0.25, -0.2) is 0 Å². The first kappa shape index (κ1) is 16.8. The predicted molar refractivity (Wildman–Crippen MR) is 111 cm³/mol. The number of rotatable bonds is 0. The molecule has 0 aromatic heterocycles. The maximum atomic E-state index is 6.06. The van der Waals surface area contributed by atoms with Crippen molar-refractivity contribution in [2.45, 2.75) is 0 Å². The van der Waals surface area contributed by atoms with Crippen molar-refractivity contribution in [1.29, 1.82) is 5.41 Å². The van der Waals surface area contributed by atoms with E-state index in [4.69, 9.17) is 5.41 Å². The van der Waals surface area contributed by atoms with Gasteiger partial charge in [0.1, 0.15) is 0 Å². The lowest BCUT2D eigenvalue weighted by Gasteiger charge is -2.13. The summed E-state index contributed by atoms with van der Waals surface area (Å²) in [5.41, 5.74) is 8.94. The van der Waals surface area contributed by atoms with Crippen LogP contribution in [0.2, 0.25) is 0 Å². The fourth-order valence-electron chi connectivity index (χ4n) is 3.58. The summed E-state index contributed by atoms with van der Waals surface area (Å²) in [5, 5.41) is 16.9. The molecule has 0 bridgehead atoms. The van der Waals surface area contributed by atoms with E-state index in [0.717, 1.165) is 0 Å². The van der Waals surface area contributed by atoms with E-state index in [1.54, 1.807) is 0 Å². The number of nitrogens with two attached hydrogens (primary N) is 2. The maximum Gasteiger partial charge on any atom is 0.183 e. The molecular weight excluding hydrogens is 330 g/mol. The summed E-state index contributed by atoms with van der Waals surface area (Å²) in [6.45, 7) is 0. The lowest BCUT2D eigenvalue weighted by molar-refractivity contribution is 1.39. The zero-order valence-electron chi connectivity index (χ0n) is 13.5. The molecule has 0 amide bonds. The van der Waals surface area contributed by atoms with Gasteiger partial charge in [0.25, 0.3) is 0 Å². The van der Waals surface area contributed by atoms with E-state index < -0.39 is 0 Å². The van der Waals surface area contributed by atoms with Crippen LogP contribution in [-0.4, -0.2) is 5.96 Å². The molecule has 124 valence electrons. The Bertz CT molecular complexity index is 1020. The van der Waals surface area contributed by atoms with E-state index in [9.17, 15) is 0 Å². The third-order valence-corrected chi connectivity index (χ3v) is 4.39. The Hall–Kier alpha value is -3.04. The second kappa shape index (κ2) is 6.46. The van der Waals surface area contributed by atoms with Crippen molar-refractivity contribution in [3.05, 3.63) is 72.8 Å². The topological polar surface area (TPSA) is 75.9 Å². The Morgan fingerprint density at radius 3 is 1.04 bits per heavy atom. The van der Waals surface area contributed by atoms with Crippen molar-refractivity contribution < 1.29 is 0 Å². The minimum atomic E-state index is -0.333. The molecule has 0 atom stereocenters. The highest BCUT2D eigenvalue weighted by molar-refractivity contribution is 6.32. The summed E-state index contributed by atoms with van der Waals surface area (Å²) in [6.07, 6.45) is 0. The van der Waals surface area contributed by atoms with Crippen LogP contribution in [0.4, 0.5) is 0 Å². The zero-order chi connectivity index (χ0) is 16.7. The highest BCUT2D eigenvalue weighted by Gasteiger charge is 2.11. The molecule has 0 aliphatic carbocycles. The van der Waals surface area contributed by atoms with Crippen LogP contribution < -0.4 is 11.5 Å². The molecule has 0 unspecified atom stereocenters. The minimum Gasteiger partial charge on any atom is -0.370 e. The quantitative estimate of drug-likeness (QED) is 0.159. The van der Waals surface area contributed by atoms with Crippen molar-refractivity contribution in [3.8, 4) is 0 Å². The van der Waals surface area contributed by atoms with Crippen LogP contribution in [-0.2, 0) is 0 Å². The minimum absolute atomic E-state index is 0. The first-order valence-corrected chi connectivity index (χ1v) is 7.80. The van der Waals surface area contributed by atoms with Gasteiger partial charge in [0, 0.05) is 0 Å². The van der Waals surface area contributed by atoms with E-state index in [1.165, 1.54) is 43.1 Å². The van der Waals surface area contributed by atoms with Crippen molar-refractivity contribution in [2.24, 2.45) is 11.5 Å². The number of hydrogen-bond acceptors (Lipinski definition) is 1. The fraction of sp³-hybridized carbons (Fsp3) is 0. The third-order valence-electron chi connectivity index (χ3n) is 4.39. The first-order chi connectivity index (χ1) is 11.7. The number of fused-ring (bicyclic) bond motifs is 2. The highest BCUT2D eigenvalue weighted by Crippen LogP contribution is 2.39. The van der Waals surface area contributed by atoms with Gasteiger partial charge >= 0.3 is 0 Å². The van der Waals surface area contributed by atoms with Crippen LogP contribution in [0.3, 0.4) is 0 Å². The van der Waals surface area contributed by atoms with E-state index in [-0.39, 0.29) is 18.4 Å². The molecule has 5 aromatic rings. The monoisotopic (exact) mass is 347 g/mol. The van der Waals surface area contributed by atoms with Crippen LogP contribution in [0.25, 0.3) is 43.1 Å². The van der Waals surface area contributed by atoms with Gasteiger partial charge < -0.3 is 11.5 Å². The molecule has 0 fully saturated rings.